The first-order chi connectivity index (χ1) is 52.2. The minimum Gasteiger partial charge on any atom is -0.463 e. The van der Waals surface area contributed by atoms with E-state index in [9.17, 15) is 43.5 Å². The molecule has 614 valence electrons. The second-order valence-corrected chi connectivity index (χ2v) is 30.8. The van der Waals surface area contributed by atoms with Gasteiger partial charge < -0.3 is 34.2 Å². The summed E-state index contributed by atoms with van der Waals surface area (Å²) in [6.07, 6.45) is 100. The summed E-state index contributed by atoms with van der Waals surface area (Å²) in [6.45, 7) is 2.49. The molecular formula is C89H152O16P2. The number of aliphatic hydroxyl groups excluding tert-OH is 2. The summed E-state index contributed by atoms with van der Waals surface area (Å²) < 4.78 is 61.2. The van der Waals surface area contributed by atoms with Crippen molar-refractivity contribution in [2.24, 2.45) is 0 Å². The first-order valence-corrected chi connectivity index (χ1v) is 45.1. The predicted molar refractivity (Wildman–Crippen MR) is 445 cm³/mol. The molecule has 0 radical (unpaired) electrons. The van der Waals surface area contributed by atoms with Gasteiger partial charge in [-0.15, -0.1) is 0 Å². The molecule has 4 N–H and O–H groups in total. The van der Waals surface area contributed by atoms with E-state index < -0.39 is 91.5 Å². The standard InChI is InChI=1S/C89H152O16P2/c1-4-7-10-13-16-19-22-25-28-30-32-34-35-36-37-38-39-40-41-42-43-44-45-46-47-49-51-52-55-57-60-63-66-69-72-75-87(92)99-78-84(90)79-101-106(95,96)102-80-85(91)81-103-107(97,98)104-83-86(105-89(94)77-74-71-68-65-62-59-54-27-24-21-18-15-12-9-6-3)82-100-88(93)76-73-70-67-64-61-58-56-53-50-48-33-31-29-26-23-20-17-14-11-8-5-2/h7,10,16-21,25-29,32-34,36-37,39-40,48,53-54,56,84-86,90-91H,4-6,8-9,11-15,22-24,30-31,35,38,41-47,49-52,55,57-83H2,1-3H3,(H,95,96)(H,97,98)/b10-7-,19-16-,20-17-,21-18-,28-25-,29-26-,34-32-,37-36-,40-39-,48-33-,54-27-,56-53-. The molecule has 0 aliphatic heterocycles. The third-order valence-corrected chi connectivity index (χ3v) is 19.4. The molecule has 18 heteroatoms. The Morgan fingerprint density at radius 2 is 0.495 bits per heavy atom. The molecule has 0 spiro atoms. The largest absolute Gasteiger partial charge is 0.472 e. The lowest BCUT2D eigenvalue weighted by Gasteiger charge is -2.21. The van der Waals surface area contributed by atoms with Gasteiger partial charge in [-0.05, 0) is 148 Å². The fraction of sp³-hybridized carbons (Fsp3) is 0.697. The van der Waals surface area contributed by atoms with E-state index in [4.69, 9.17) is 32.3 Å². The summed E-state index contributed by atoms with van der Waals surface area (Å²) in [5, 5.41) is 20.7. The van der Waals surface area contributed by atoms with E-state index in [1.165, 1.54) is 128 Å². The number of carbonyl (C=O) groups is 3. The molecule has 5 unspecified atom stereocenters. The Balaban J connectivity index is 4.45. The highest BCUT2D eigenvalue weighted by Crippen LogP contribution is 2.45. The molecule has 5 atom stereocenters. The summed E-state index contributed by atoms with van der Waals surface area (Å²) in [5.41, 5.74) is 0. The van der Waals surface area contributed by atoms with Crippen LogP contribution >= 0.6 is 15.6 Å². The summed E-state index contributed by atoms with van der Waals surface area (Å²) >= 11 is 0. The average Bonchev–Trinajstić information content (AvgIpc) is 0.906. The highest BCUT2D eigenvalue weighted by molar-refractivity contribution is 7.47. The quantitative estimate of drug-likeness (QED) is 0.0146. The number of ether oxygens (including phenoxy) is 3. The molecular weight excluding hydrogens is 1390 g/mol. The maximum Gasteiger partial charge on any atom is 0.472 e. The van der Waals surface area contributed by atoms with Crippen LogP contribution in [0.1, 0.15) is 342 Å². The number of unbranched alkanes of at least 4 members (excludes halogenated alkanes) is 32. The van der Waals surface area contributed by atoms with E-state index >= 15 is 0 Å². The molecule has 0 aliphatic rings. The number of rotatable bonds is 79. The third kappa shape index (κ3) is 82.2. The highest BCUT2D eigenvalue weighted by atomic mass is 31.2. The number of aliphatic hydroxyl groups is 2. The van der Waals surface area contributed by atoms with E-state index in [0.29, 0.717) is 19.3 Å². The molecule has 0 amide bonds. The van der Waals surface area contributed by atoms with Gasteiger partial charge in [-0.1, -0.05) is 321 Å². The Morgan fingerprint density at radius 1 is 0.271 bits per heavy atom. The molecule has 0 fully saturated rings. The van der Waals surface area contributed by atoms with Crippen molar-refractivity contribution < 1.29 is 75.8 Å². The molecule has 16 nitrogen and oxygen atoms in total. The van der Waals surface area contributed by atoms with Gasteiger partial charge in [0, 0.05) is 19.3 Å². The van der Waals surface area contributed by atoms with E-state index in [-0.39, 0.29) is 19.3 Å². The first-order valence-electron chi connectivity index (χ1n) is 42.1. The normalized spacial score (nSPS) is 14.6. The summed E-state index contributed by atoms with van der Waals surface area (Å²) in [6, 6.07) is 0. The molecule has 0 saturated heterocycles. The average molecular weight is 1540 g/mol. The fourth-order valence-electron chi connectivity index (χ4n) is 11.1. The Morgan fingerprint density at radius 3 is 0.785 bits per heavy atom. The van der Waals surface area contributed by atoms with Crippen molar-refractivity contribution in [2.45, 2.75) is 360 Å². The minimum atomic E-state index is -4.94. The van der Waals surface area contributed by atoms with E-state index in [1.54, 1.807) is 0 Å². The maximum atomic E-state index is 13.0. The predicted octanol–water partition coefficient (Wildman–Crippen LogP) is 25.2. The topological polar surface area (TPSA) is 231 Å². The molecule has 0 aromatic carbocycles. The van der Waals surface area contributed by atoms with Crippen LogP contribution < -0.4 is 0 Å². The molecule has 0 aliphatic carbocycles. The van der Waals surface area contributed by atoms with Crippen LogP contribution in [0.15, 0.2) is 146 Å². The van der Waals surface area contributed by atoms with E-state index in [1.807, 2.05) is 0 Å². The van der Waals surface area contributed by atoms with Gasteiger partial charge in [-0.25, -0.2) is 9.13 Å². The van der Waals surface area contributed by atoms with Crippen molar-refractivity contribution >= 4 is 33.6 Å². The molecule has 0 bridgehead atoms. The molecule has 0 aromatic heterocycles. The summed E-state index contributed by atoms with van der Waals surface area (Å²) in [7, 11) is -9.80. The lowest BCUT2D eigenvalue weighted by Crippen LogP contribution is -2.30. The van der Waals surface area contributed by atoms with Gasteiger partial charge in [0.2, 0.25) is 0 Å². The van der Waals surface area contributed by atoms with Crippen molar-refractivity contribution in [1.82, 2.24) is 0 Å². The number of carbonyl (C=O) groups excluding carboxylic acids is 3. The van der Waals surface area contributed by atoms with Crippen molar-refractivity contribution in [3.05, 3.63) is 146 Å². The lowest BCUT2D eigenvalue weighted by atomic mass is 10.0. The fourth-order valence-corrected chi connectivity index (χ4v) is 12.7. The number of phosphoric ester groups is 2. The number of phosphoric acid groups is 2. The second kappa shape index (κ2) is 80.9. The second-order valence-electron chi connectivity index (χ2n) is 27.9. The molecule has 0 heterocycles. The first kappa shape index (κ1) is 102. The SMILES string of the molecule is CC/C=C\C/C=C\C/C=C\C/C=C\C/C=C\C/C=C\CCCCCCCCCCCCCCCCCCC(=O)OCC(O)COP(=O)(O)OCC(O)COP(=O)(O)OCC(COC(=O)CCCCCCC/C=C\C/C=C\C/C=C\C/C=C\CCCCC)OC(=O)CCCCCCC/C=C\C/C=C\CCCCC. The van der Waals surface area contributed by atoms with Crippen LogP contribution in [0.2, 0.25) is 0 Å². The van der Waals surface area contributed by atoms with Gasteiger partial charge in [-0.3, -0.25) is 32.5 Å². The van der Waals surface area contributed by atoms with Crippen LogP contribution in [0, 0.1) is 0 Å². The Bertz CT molecular complexity index is 2530. The highest BCUT2D eigenvalue weighted by Gasteiger charge is 2.29. The third-order valence-electron chi connectivity index (χ3n) is 17.5. The minimum absolute atomic E-state index is 0.0819. The molecule has 107 heavy (non-hydrogen) atoms. The Hall–Kier alpha value is -4.57. The zero-order chi connectivity index (χ0) is 78.0. The number of hydrogen-bond acceptors (Lipinski definition) is 14. The maximum absolute atomic E-state index is 13.0. The zero-order valence-corrected chi connectivity index (χ0v) is 69.1. The van der Waals surface area contributed by atoms with Gasteiger partial charge in [0.05, 0.1) is 26.4 Å². The Labute approximate surface area is 651 Å². The van der Waals surface area contributed by atoms with Crippen LogP contribution in [-0.4, -0.2) is 95.9 Å². The van der Waals surface area contributed by atoms with Crippen molar-refractivity contribution in [2.75, 3.05) is 39.6 Å². The van der Waals surface area contributed by atoms with Gasteiger partial charge in [0.25, 0.3) is 0 Å². The molecule has 0 saturated carbocycles. The number of allylic oxidation sites excluding steroid dienone is 24. The van der Waals surface area contributed by atoms with E-state index in [2.05, 4.69) is 167 Å². The van der Waals surface area contributed by atoms with Gasteiger partial charge in [0.1, 0.15) is 25.4 Å². The molecule has 0 aromatic rings. The van der Waals surface area contributed by atoms with Crippen LogP contribution in [0.3, 0.4) is 0 Å². The van der Waals surface area contributed by atoms with Gasteiger partial charge >= 0.3 is 33.6 Å². The zero-order valence-electron chi connectivity index (χ0n) is 67.3. The number of hydrogen-bond donors (Lipinski definition) is 4. The van der Waals surface area contributed by atoms with Gasteiger partial charge in [0.15, 0.2) is 6.10 Å². The van der Waals surface area contributed by atoms with Crippen LogP contribution in [0.4, 0.5) is 0 Å². The molecule has 0 rings (SSSR count). The number of esters is 3. The van der Waals surface area contributed by atoms with Crippen molar-refractivity contribution in [3.8, 4) is 0 Å². The summed E-state index contributed by atoms with van der Waals surface area (Å²) in [5.74, 6) is -1.61. The van der Waals surface area contributed by atoms with Crippen LogP contribution in [0.25, 0.3) is 0 Å². The van der Waals surface area contributed by atoms with E-state index in [0.717, 1.165) is 154 Å². The Kier molecular flexibility index (Phi) is 77.5. The van der Waals surface area contributed by atoms with Crippen LogP contribution in [-0.2, 0) is 55.8 Å². The van der Waals surface area contributed by atoms with Crippen molar-refractivity contribution in [1.29, 1.82) is 0 Å². The van der Waals surface area contributed by atoms with Crippen molar-refractivity contribution in [3.63, 3.8) is 0 Å². The smallest absolute Gasteiger partial charge is 0.463 e. The summed E-state index contributed by atoms with van der Waals surface area (Å²) in [4.78, 5) is 58.7. The monoisotopic (exact) mass is 1540 g/mol. The lowest BCUT2D eigenvalue weighted by molar-refractivity contribution is -0.161. The van der Waals surface area contributed by atoms with Gasteiger partial charge in [-0.2, -0.15) is 0 Å². The van der Waals surface area contributed by atoms with Crippen LogP contribution in [0.5, 0.6) is 0 Å².